The Bertz CT molecular complexity index is 751. The molecule has 1 aliphatic carbocycles. The molecule has 29 heavy (non-hydrogen) atoms. The van der Waals surface area contributed by atoms with Gasteiger partial charge in [0.1, 0.15) is 17.2 Å². The Morgan fingerprint density at radius 1 is 0.966 bits per heavy atom. The highest BCUT2D eigenvalue weighted by molar-refractivity contribution is 5.94. The summed E-state index contributed by atoms with van der Waals surface area (Å²) in [5, 5.41) is 2.88. The predicted molar refractivity (Wildman–Crippen MR) is 115 cm³/mol. The van der Waals surface area contributed by atoms with E-state index in [1.165, 1.54) is 32.1 Å². The number of benzene rings is 2. The van der Waals surface area contributed by atoms with E-state index < -0.39 is 6.10 Å². The summed E-state index contributed by atoms with van der Waals surface area (Å²) in [5.74, 6) is 2.81. The number of methoxy groups -OCH3 is 1. The van der Waals surface area contributed by atoms with Crippen LogP contribution in [0.4, 0.5) is 5.69 Å². The lowest BCUT2D eigenvalue weighted by Gasteiger charge is -2.21. The Morgan fingerprint density at radius 2 is 1.59 bits per heavy atom. The zero-order valence-corrected chi connectivity index (χ0v) is 17.4. The van der Waals surface area contributed by atoms with E-state index in [2.05, 4.69) is 5.32 Å². The topological polar surface area (TPSA) is 56.8 Å². The van der Waals surface area contributed by atoms with Crippen molar-refractivity contribution >= 4 is 11.6 Å². The molecule has 5 nitrogen and oxygen atoms in total. The zero-order valence-electron chi connectivity index (χ0n) is 17.4. The Labute approximate surface area is 173 Å². The molecule has 156 valence electrons. The number of nitrogens with one attached hydrogen (secondary N) is 1. The summed E-state index contributed by atoms with van der Waals surface area (Å²) in [6.45, 7) is 2.48. The van der Waals surface area contributed by atoms with Gasteiger partial charge in [0.2, 0.25) is 0 Å². The molecule has 1 saturated carbocycles. The average molecular weight is 398 g/mol. The van der Waals surface area contributed by atoms with Gasteiger partial charge in [0, 0.05) is 5.69 Å². The molecule has 0 aliphatic heterocycles. The third-order valence-electron chi connectivity index (χ3n) is 5.38. The van der Waals surface area contributed by atoms with Gasteiger partial charge < -0.3 is 19.5 Å². The first kappa shape index (κ1) is 21.0. The lowest BCUT2D eigenvalue weighted by atomic mass is 9.87. The second-order valence-corrected chi connectivity index (χ2v) is 7.59. The molecule has 0 heterocycles. The third kappa shape index (κ3) is 6.70. The number of rotatable bonds is 9. The van der Waals surface area contributed by atoms with E-state index in [4.69, 9.17) is 14.2 Å². The maximum Gasteiger partial charge on any atom is 0.265 e. The van der Waals surface area contributed by atoms with Crippen molar-refractivity contribution in [3.8, 4) is 17.2 Å². The molecular formula is C24H31NO4. The Morgan fingerprint density at radius 3 is 2.24 bits per heavy atom. The summed E-state index contributed by atoms with van der Waals surface area (Å²) in [5.41, 5.74) is 0.722. The number of hydrogen-bond acceptors (Lipinski definition) is 4. The number of carbonyl (C=O) groups excluding carboxylic acids is 1. The largest absolute Gasteiger partial charge is 0.497 e. The minimum absolute atomic E-state index is 0.202. The normalized spacial score (nSPS) is 15.4. The summed E-state index contributed by atoms with van der Waals surface area (Å²) >= 11 is 0. The first-order valence-corrected chi connectivity index (χ1v) is 10.5. The van der Waals surface area contributed by atoms with Gasteiger partial charge in [-0.3, -0.25) is 4.79 Å². The molecule has 1 fully saturated rings. The smallest absolute Gasteiger partial charge is 0.265 e. The van der Waals surface area contributed by atoms with Crippen LogP contribution in [0.15, 0.2) is 48.5 Å². The molecule has 0 spiro atoms. The van der Waals surface area contributed by atoms with Gasteiger partial charge in [0.25, 0.3) is 5.91 Å². The van der Waals surface area contributed by atoms with Crippen LogP contribution in [-0.2, 0) is 4.79 Å². The van der Waals surface area contributed by atoms with Gasteiger partial charge in [-0.15, -0.1) is 0 Å². The highest BCUT2D eigenvalue weighted by atomic mass is 16.5. The van der Waals surface area contributed by atoms with Crippen molar-refractivity contribution in [3.63, 3.8) is 0 Å². The van der Waals surface area contributed by atoms with Crippen molar-refractivity contribution < 1.29 is 19.0 Å². The van der Waals surface area contributed by atoms with Crippen LogP contribution >= 0.6 is 0 Å². The zero-order chi connectivity index (χ0) is 20.5. The van der Waals surface area contributed by atoms with Crippen LogP contribution in [0.25, 0.3) is 0 Å². The maximum absolute atomic E-state index is 12.4. The molecule has 2 aromatic rings. The van der Waals surface area contributed by atoms with Crippen molar-refractivity contribution in [2.24, 2.45) is 5.92 Å². The molecule has 2 aromatic carbocycles. The van der Waals surface area contributed by atoms with Gasteiger partial charge in [-0.05, 0) is 67.8 Å². The lowest BCUT2D eigenvalue weighted by molar-refractivity contribution is -0.122. The van der Waals surface area contributed by atoms with E-state index in [1.807, 2.05) is 24.3 Å². The summed E-state index contributed by atoms with van der Waals surface area (Å²) in [7, 11) is 1.61. The third-order valence-corrected chi connectivity index (χ3v) is 5.38. The molecule has 1 unspecified atom stereocenters. The minimum atomic E-state index is -0.616. The fourth-order valence-electron chi connectivity index (χ4n) is 3.61. The van der Waals surface area contributed by atoms with E-state index >= 15 is 0 Å². The van der Waals surface area contributed by atoms with E-state index in [1.54, 1.807) is 38.3 Å². The maximum atomic E-state index is 12.4. The molecule has 0 bridgehead atoms. The molecule has 0 aromatic heterocycles. The second-order valence-electron chi connectivity index (χ2n) is 7.59. The molecule has 3 rings (SSSR count). The monoisotopic (exact) mass is 397 g/mol. The quantitative estimate of drug-likeness (QED) is 0.611. The highest BCUT2D eigenvalue weighted by Gasteiger charge is 2.15. The Kier molecular flexibility index (Phi) is 7.79. The fourth-order valence-corrected chi connectivity index (χ4v) is 3.61. The SMILES string of the molecule is COc1ccc(OC(C)C(=O)Nc2ccc(OCCC3CCCCC3)cc2)cc1. The standard InChI is InChI=1S/C24H31NO4/c1-18(29-23-14-12-21(27-2)13-15-23)24(26)25-20-8-10-22(11-9-20)28-17-16-19-6-4-3-5-7-19/h8-15,18-19H,3-7,16-17H2,1-2H3,(H,25,26). The number of carbonyl (C=O) groups is 1. The number of amides is 1. The first-order chi connectivity index (χ1) is 14.1. The van der Waals surface area contributed by atoms with Crippen molar-refractivity contribution in [1.82, 2.24) is 0 Å². The van der Waals surface area contributed by atoms with E-state index in [9.17, 15) is 4.79 Å². The van der Waals surface area contributed by atoms with Crippen LogP contribution in [0.2, 0.25) is 0 Å². The number of anilines is 1. The molecule has 0 saturated heterocycles. The molecule has 1 N–H and O–H groups in total. The van der Waals surface area contributed by atoms with Gasteiger partial charge in [-0.2, -0.15) is 0 Å². The average Bonchev–Trinajstić information content (AvgIpc) is 2.76. The minimum Gasteiger partial charge on any atom is -0.497 e. The first-order valence-electron chi connectivity index (χ1n) is 10.5. The van der Waals surface area contributed by atoms with Crippen LogP contribution in [0.5, 0.6) is 17.2 Å². The van der Waals surface area contributed by atoms with Crippen LogP contribution in [0.3, 0.4) is 0 Å². The van der Waals surface area contributed by atoms with Crippen LogP contribution < -0.4 is 19.5 Å². The molecule has 0 radical (unpaired) electrons. The molecule has 1 amide bonds. The van der Waals surface area contributed by atoms with Gasteiger partial charge >= 0.3 is 0 Å². The van der Waals surface area contributed by atoms with E-state index in [-0.39, 0.29) is 5.91 Å². The summed E-state index contributed by atoms with van der Waals surface area (Å²) in [6.07, 6.45) is 7.29. The molecule has 1 atom stereocenters. The fraction of sp³-hybridized carbons (Fsp3) is 0.458. The van der Waals surface area contributed by atoms with Crippen molar-refractivity contribution in [3.05, 3.63) is 48.5 Å². The molecule has 1 aliphatic rings. The number of ether oxygens (including phenoxy) is 3. The molecular weight excluding hydrogens is 366 g/mol. The van der Waals surface area contributed by atoms with Crippen molar-refractivity contribution in [2.75, 3.05) is 19.0 Å². The summed E-state index contributed by atoms with van der Waals surface area (Å²) in [4.78, 5) is 12.4. The Hall–Kier alpha value is -2.69. The van der Waals surface area contributed by atoms with Gasteiger partial charge in [0.15, 0.2) is 6.10 Å². The van der Waals surface area contributed by atoms with Gasteiger partial charge in [-0.1, -0.05) is 32.1 Å². The van der Waals surface area contributed by atoms with Crippen LogP contribution in [-0.4, -0.2) is 25.7 Å². The van der Waals surface area contributed by atoms with Crippen molar-refractivity contribution in [1.29, 1.82) is 0 Å². The second kappa shape index (κ2) is 10.7. The van der Waals surface area contributed by atoms with Crippen LogP contribution in [0, 0.1) is 5.92 Å². The number of hydrogen-bond donors (Lipinski definition) is 1. The molecule has 5 heteroatoms. The Balaban J connectivity index is 1.42. The van der Waals surface area contributed by atoms with Crippen molar-refractivity contribution in [2.45, 2.75) is 51.6 Å². The summed E-state index contributed by atoms with van der Waals surface area (Å²) < 4.78 is 16.7. The van der Waals surface area contributed by atoms with Gasteiger partial charge in [0.05, 0.1) is 13.7 Å². The highest BCUT2D eigenvalue weighted by Crippen LogP contribution is 2.26. The predicted octanol–water partition coefficient (Wildman–Crippen LogP) is 5.45. The van der Waals surface area contributed by atoms with E-state index in [0.29, 0.717) is 5.75 Å². The van der Waals surface area contributed by atoms with Crippen LogP contribution in [0.1, 0.15) is 45.4 Å². The lowest BCUT2D eigenvalue weighted by Crippen LogP contribution is -2.30. The van der Waals surface area contributed by atoms with Gasteiger partial charge in [-0.25, -0.2) is 0 Å². The van der Waals surface area contributed by atoms with E-state index in [0.717, 1.165) is 36.1 Å². The summed E-state index contributed by atoms with van der Waals surface area (Å²) in [6, 6.07) is 14.7.